The standard InChI is InChI=1S/C19H23N3O2/c1-13-18(17-6-7-20-10-15(17)11-21-13)12-22-19(23)9-14-4-3-5-16(8-14)24-2/h3-5,8,11,20H,6-7,9-10,12H2,1-2H3,(H,22,23). The molecule has 1 aromatic heterocycles. The van der Waals surface area contributed by atoms with Crippen molar-refractivity contribution in [3.63, 3.8) is 0 Å². The number of amides is 1. The molecule has 2 aromatic rings. The van der Waals surface area contributed by atoms with Gasteiger partial charge >= 0.3 is 0 Å². The zero-order valence-corrected chi connectivity index (χ0v) is 14.2. The van der Waals surface area contributed by atoms with Crippen molar-refractivity contribution in [1.82, 2.24) is 15.6 Å². The van der Waals surface area contributed by atoms with Crippen molar-refractivity contribution in [2.75, 3.05) is 13.7 Å². The number of ether oxygens (including phenoxy) is 1. The van der Waals surface area contributed by atoms with Gasteiger partial charge in [0.15, 0.2) is 0 Å². The third-order valence-electron chi connectivity index (χ3n) is 4.43. The van der Waals surface area contributed by atoms with Crippen LogP contribution in [0.5, 0.6) is 5.75 Å². The summed E-state index contributed by atoms with van der Waals surface area (Å²) < 4.78 is 5.20. The summed E-state index contributed by atoms with van der Waals surface area (Å²) >= 11 is 0. The van der Waals surface area contributed by atoms with Gasteiger partial charge in [0.05, 0.1) is 13.5 Å². The summed E-state index contributed by atoms with van der Waals surface area (Å²) in [6.45, 7) is 4.37. The number of hydrogen-bond acceptors (Lipinski definition) is 4. The predicted molar refractivity (Wildman–Crippen MR) is 92.9 cm³/mol. The van der Waals surface area contributed by atoms with Crippen LogP contribution in [-0.2, 0) is 30.7 Å². The molecule has 0 unspecified atom stereocenters. The van der Waals surface area contributed by atoms with Crippen molar-refractivity contribution < 1.29 is 9.53 Å². The van der Waals surface area contributed by atoms with E-state index in [4.69, 9.17) is 4.74 Å². The van der Waals surface area contributed by atoms with E-state index in [-0.39, 0.29) is 5.91 Å². The second-order valence-electron chi connectivity index (χ2n) is 6.06. The minimum absolute atomic E-state index is 0.00851. The first-order valence-electron chi connectivity index (χ1n) is 8.24. The zero-order chi connectivity index (χ0) is 16.9. The first-order chi connectivity index (χ1) is 11.7. The summed E-state index contributed by atoms with van der Waals surface area (Å²) in [6.07, 6.45) is 3.28. The zero-order valence-electron chi connectivity index (χ0n) is 14.2. The highest BCUT2D eigenvalue weighted by molar-refractivity contribution is 5.78. The molecular weight excluding hydrogens is 302 g/mol. The van der Waals surface area contributed by atoms with Crippen LogP contribution in [0.15, 0.2) is 30.5 Å². The Morgan fingerprint density at radius 1 is 1.42 bits per heavy atom. The number of methoxy groups -OCH3 is 1. The van der Waals surface area contributed by atoms with E-state index in [1.54, 1.807) is 7.11 Å². The molecule has 2 heterocycles. The maximum absolute atomic E-state index is 12.3. The van der Waals surface area contributed by atoms with Crippen molar-refractivity contribution >= 4 is 5.91 Å². The largest absolute Gasteiger partial charge is 0.497 e. The van der Waals surface area contributed by atoms with Gasteiger partial charge in [-0.15, -0.1) is 0 Å². The lowest BCUT2D eigenvalue weighted by molar-refractivity contribution is -0.120. The molecule has 1 aliphatic rings. The average Bonchev–Trinajstić information content (AvgIpc) is 2.61. The Labute approximate surface area is 142 Å². The fraction of sp³-hybridized carbons (Fsp3) is 0.368. The van der Waals surface area contributed by atoms with Crippen LogP contribution in [-0.4, -0.2) is 24.5 Å². The number of carbonyl (C=O) groups excluding carboxylic acids is 1. The van der Waals surface area contributed by atoms with Gasteiger partial charge in [0.1, 0.15) is 5.75 Å². The SMILES string of the molecule is COc1cccc(CC(=O)NCc2c(C)ncc3c2CCNC3)c1. The number of hydrogen-bond donors (Lipinski definition) is 2. The highest BCUT2D eigenvalue weighted by Gasteiger charge is 2.16. The Morgan fingerprint density at radius 3 is 3.12 bits per heavy atom. The number of carbonyl (C=O) groups is 1. The minimum Gasteiger partial charge on any atom is -0.497 e. The minimum atomic E-state index is 0.00851. The number of rotatable bonds is 5. The molecule has 0 spiro atoms. The smallest absolute Gasteiger partial charge is 0.224 e. The van der Waals surface area contributed by atoms with Gasteiger partial charge < -0.3 is 15.4 Å². The van der Waals surface area contributed by atoms with Crippen LogP contribution in [0.1, 0.15) is 27.9 Å². The summed E-state index contributed by atoms with van der Waals surface area (Å²) in [5.41, 5.74) is 5.68. The molecule has 0 saturated carbocycles. The summed E-state index contributed by atoms with van der Waals surface area (Å²) in [5, 5.41) is 6.39. The summed E-state index contributed by atoms with van der Waals surface area (Å²) in [7, 11) is 1.63. The highest BCUT2D eigenvalue weighted by Crippen LogP contribution is 2.20. The van der Waals surface area contributed by atoms with E-state index < -0.39 is 0 Å². The van der Waals surface area contributed by atoms with Crippen LogP contribution in [0.3, 0.4) is 0 Å². The van der Waals surface area contributed by atoms with Gasteiger partial charge in [0, 0.05) is 25.0 Å². The molecule has 5 heteroatoms. The molecule has 2 N–H and O–H groups in total. The number of fused-ring (bicyclic) bond motifs is 1. The number of aryl methyl sites for hydroxylation is 1. The molecule has 1 aromatic carbocycles. The normalized spacial score (nSPS) is 13.2. The Bertz CT molecular complexity index is 743. The maximum atomic E-state index is 12.3. The van der Waals surface area contributed by atoms with Crippen LogP contribution < -0.4 is 15.4 Å². The van der Waals surface area contributed by atoms with Crippen LogP contribution in [0.2, 0.25) is 0 Å². The first-order valence-corrected chi connectivity index (χ1v) is 8.24. The Hall–Kier alpha value is -2.40. The van der Waals surface area contributed by atoms with Gasteiger partial charge in [-0.3, -0.25) is 9.78 Å². The second kappa shape index (κ2) is 7.45. The first kappa shape index (κ1) is 16.5. The number of nitrogens with zero attached hydrogens (tertiary/aromatic N) is 1. The monoisotopic (exact) mass is 325 g/mol. The molecule has 0 bridgehead atoms. The van der Waals surface area contributed by atoms with Crippen LogP contribution >= 0.6 is 0 Å². The third kappa shape index (κ3) is 3.74. The van der Waals surface area contributed by atoms with E-state index in [0.29, 0.717) is 13.0 Å². The molecule has 3 rings (SSSR count). The van der Waals surface area contributed by atoms with Gasteiger partial charge in [0.25, 0.3) is 0 Å². The second-order valence-corrected chi connectivity index (χ2v) is 6.06. The molecule has 0 fully saturated rings. The molecule has 24 heavy (non-hydrogen) atoms. The van der Waals surface area contributed by atoms with Crippen molar-refractivity contribution in [1.29, 1.82) is 0 Å². The fourth-order valence-electron chi connectivity index (χ4n) is 3.09. The predicted octanol–water partition coefficient (Wildman–Crippen LogP) is 1.90. The van der Waals surface area contributed by atoms with Crippen LogP contribution in [0, 0.1) is 6.92 Å². The Balaban J connectivity index is 1.66. The topological polar surface area (TPSA) is 63.2 Å². The van der Waals surface area contributed by atoms with Crippen molar-refractivity contribution in [3.8, 4) is 5.75 Å². The van der Waals surface area contributed by atoms with Crippen LogP contribution in [0.25, 0.3) is 0 Å². The molecule has 1 aliphatic heterocycles. The number of aromatic nitrogens is 1. The summed E-state index contributed by atoms with van der Waals surface area (Å²) in [4.78, 5) is 16.7. The number of nitrogens with one attached hydrogen (secondary N) is 2. The molecule has 0 atom stereocenters. The number of benzene rings is 1. The Kier molecular flexibility index (Phi) is 5.11. The van der Waals surface area contributed by atoms with Crippen LogP contribution in [0.4, 0.5) is 0 Å². The average molecular weight is 325 g/mol. The van der Waals surface area contributed by atoms with E-state index in [9.17, 15) is 4.79 Å². The van der Waals surface area contributed by atoms with Crippen molar-refractivity contribution in [3.05, 3.63) is 58.4 Å². The maximum Gasteiger partial charge on any atom is 0.224 e. The molecule has 5 nitrogen and oxygen atoms in total. The lowest BCUT2D eigenvalue weighted by atomic mass is 9.96. The van der Waals surface area contributed by atoms with E-state index in [1.807, 2.05) is 37.4 Å². The molecule has 0 saturated heterocycles. The molecule has 126 valence electrons. The lowest BCUT2D eigenvalue weighted by Crippen LogP contribution is -2.29. The van der Waals surface area contributed by atoms with Crippen molar-refractivity contribution in [2.45, 2.75) is 32.9 Å². The molecule has 0 aliphatic carbocycles. The van der Waals surface area contributed by atoms with Gasteiger partial charge in [-0.05, 0) is 54.3 Å². The molecule has 1 amide bonds. The van der Waals surface area contributed by atoms with E-state index in [0.717, 1.165) is 42.1 Å². The highest BCUT2D eigenvalue weighted by atomic mass is 16.5. The molecular formula is C19H23N3O2. The van der Waals surface area contributed by atoms with Crippen molar-refractivity contribution in [2.24, 2.45) is 0 Å². The van der Waals surface area contributed by atoms with Gasteiger partial charge in [0.2, 0.25) is 5.91 Å². The third-order valence-corrected chi connectivity index (χ3v) is 4.43. The Morgan fingerprint density at radius 2 is 2.29 bits per heavy atom. The molecule has 0 radical (unpaired) electrons. The fourth-order valence-corrected chi connectivity index (χ4v) is 3.09. The quantitative estimate of drug-likeness (QED) is 0.881. The summed E-state index contributed by atoms with van der Waals surface area (Å²) in [6, 6.07) is 7.60. The van der Waals surface area contributed by atoms with E-state index >= 15 is 0 Å². The van der Waals surface area contributed by atoms with Gasteiger partial charge in [-0.2, -0.15) is 0 Å². The number of pyridine rings is 1. The van der Waals surface area contributed by atoms with E-state index in [1.165, 1.54) is 11.1 Å². The van der Waals surface area contributed by atoms with Gasteiger partial charge in [-0.25, -0.2) is 0 Å². The lowest BCUT2D eigenvalue weighted by Gasteiger charge is -2.21. The van der Waals surface area contributed by atoms with Gasteiger partial charge in [-0.1, -0.05) is 12.1 Å². The summed E-state index contributed by atoms with van der Waals surface area (Å²) in [5.74, 6) is 0.777. The van der Waals surface area contributed by atoms with E-state index in [2.05, 4.69) is 15.6 Å².